The maximum Gasteiger partial charge on any atom is 0.573 e. The van der Waals surface area contributed by atoms with Crippen molar-refractivity contribution in [2.45, 2.75) is 24.4 Å². The molecule has 0 fully saturated rings. The summed E-state index contributed by atoms with van der Waals surface area (Å²) in [5, 5.41) is 3.34. The molecule has 3 aromatic rings. The topological polar surface area (TPSA) is 61.2 Å². The highest BCUT2D eigenvalue weighted by atomic mass is 32.2. The van der Waals surface area contributed by atoms with Gasteiger partial charge in [-0.25, -0.2) is 21.9 Å². The van der Waals surface area contributed by atoms with Gasteiger partial charge < -0.3 is 4.74 Å². The highest BCUT2D eigenvalue weighted by Gasteiger charge is 2.36. The minimum absolute atomic E-state index is 0.140. The third kappa shape index (κ3) is 5.26. The lowest BCUT2D eigenvalue weighted by Gasteiger charge is -2.14. The molecule has 0 unspecified atom stereocenters. The molecule has 2 aromatic carbocycles. The Bertz CT molecular complexity index is 1330. The average Bonchev–Trinajstić information content (AvgIpc) is 3.08. The van der Waals surface area contributed by atoms with E-state index >= 15 is 0 Å². The highest BCUT2D eigenvalue weighted by Crippen LogP contribution is 2.36. The maximum atomic E-state index is 14.7. The number of sulfone groups is 1. The number of aromatic nitrogens is 2. The first-order valence-corrected chi connectivity index (χ1v) is 10.6. The molecule has 0 radical (unpaired) electrons. The number of alkyl halides is 6. The number of rotatable bonds is 4. The monoisotopic (exact) mass is 500 g/mol. The molecule has 1 aromatic heterocycles. The number of ether oxygens (including phenoxy) is 1. The van der Waals surface area contributed by atoms with E-state index in [9.17, 15) is 43.5 Å². The first kappa shape index (κ1) is 24.5. The van der Waals surface area contributed by atoms with Gasteiger partial charge in [-0.1, -0.05) is 0 Å². The zero-order chi connectivity index (χ0) is 24.9. The second-order valence-electron chi connectivity index (χ2n) is 6.86. The number of benzene rings is 2. The predicted molar refractivity (Wildman–Crippen MR) is 98.4 cm³/mol. The molecule has 0 aliphatic carbocycles. The molecule has 14 heteroatoms. The van der Waals surface area contributed by atoms with Gasteiger partial charge in [-0.15, -0.1) is 13.2 Å². The van der Waals surface area contributed by atoms with Gasteiger partial charge in [0.2, 0.25) is 0 Å². The van der Waals surface area contributed by atoms with Gasteiger partial charge in [-0.3, -0.25) is 0 Å². The summed E-state index contributed by atoms with van der Waals surface area (Å²) in [6.07, 6.45) is -9.41. The third-order valence-electron chi connectivity index (χ3n) is 4.33. The lowest BCUT2D eigenvalue weighted by molar-refractivity contribution is -0.274. The minimum atomic E-state index is -5.02. The minimum Gasteiger partial charge on any atom is -0.406 e. The van der Waals surface area contributed by atoms with Gasteiger partial charge in [-0.2, -0.15) is 18.3 Å². The van der Waals surface area contributed by atoms with E-state index in [1.54, 1.807) is 0 Å². The first-order chi connectivity index (χ1) is 15.0. The van der Waals surface area contributed by atoms with Crippen molar-refractivity contribution in [1.29, 1.82) is 0 Å². The Labute approximate surface area is 181 Å². The molecule has 0 N–H and O–H groups in total. The molecule has 1 heterocycles. The molecular formula is C19H12F8N2O3S. The molecular weight excluding hydrogens is 488 g/mol. The van der Waals surface area contributed by atoms with Crippen LogP contribution < -0.4 is 4.74 Å². The predicted octanol–water partition coefficient (Wildman–Crippen LogP) is 5.45. The van der Waals surface area contributed by atoms with Crippen LogP contribution in [0.25, 0.3) is 16.9 Å². The molecule has 0 aliphatic rings. The fraction of sp³-hybridized carbons (Fsp3) is 0.211. The van der Waals surface area contributed by atoms with Crippen LogP contribution in [0.5, 0.6) is 5.75 Å². The van der Waals surface area contributed by atoms with Gasteiger partial charge in [0.15, 0.2) is 15.5 Å². The summed E-state index contributed by atoms with van der Waals surface area (Å²) >= 11 is 0. The molecule has 0 saturated carbocycles. The van der Waals surface area contributed by atoms with Crippen LogP contribution in [0.1, 0.15) is 11.3 Å². The molecule has 0 spiro atoms. The molecule has 3 rings (SSSR count). The van der Waals surface area contributed by atoms with E-state index in [0.29, 0.717) is 29.1 Å². The maximum absolute atomic E-state index is 14.7. The van der Waals surface area contributed by atoms with Crippen LogP contribution in [0.2, 0.25) is 0 Å². The normalized spacial score (nSPS) is 12.8. The fourth-order valence-electron chi connectivity index (χ4n) is 2.92. The van der Waals surface area contributed by atoms with Crippen molar-refractivity contribution in [2.75, 3.05) is 6.26 Å². The van der Waals surface area contributed by atoms with Gasteiger partial charge in [0.25, 0.3) is 0 Å². The largest absolute Gasteiger partial charge is 0.573 e. The quantitative estimate of drug-likeness (QED) is 0.448. The molecule has 0 amide bonds. The van der Waals surface area contributed by atoms with E-state index in [1.165, 1.54) is 6.92 Å². The molecule has 0 atom stereocenters. The lowest BCUT2D eigenvalue weighted by atomic mass is 10.1. The van der Waals surface area contributed by atoms with Crippen molar-refractivity contribution in [3.63, 3.8) is 0 Å². The van der Waals surface area contributed by atoms with Crippen molar-refractivity contribution in [1.82, 2.24) is 9.78 Å². The fourth-order valence-corrected chi connectivity index (χ4v) is 3.65. The summed E-state index contributed by atoms with van der Waals surface area (Å²) in [6.45, 7) is 1.18. The summed E-state index contributed by atoms with van der Waals surface area (Å²) < 4.78 is 134. The van der Waals surface area contributed by atoms with E-state index in [1.807, 2.05) is 0 Å². The number of halogens is 8. The van der Waals surface area contributed by atoms with Crippen LogP contribution in [0.4, 0.5) is 35.1 Å². The van der Waals surface area contributed by atoms with Crippen molar-refractivity contribution >= 4 is 9.84 Å². The van der Waals surface area contributed by atoms with Gasteiger partial charge in [0.1, 0.15) is 22.3 Å². The average molecular weight is 500 g/mol. The first-order valence-electron chi connectivity index (χ1n) is 8.71. The van der Waals surface area contributed by atoms with E-state index in [4.69, 9.17) is 0 Å². The standard InChI is InChI=1S/C19H12F8N2O3S/c1-9-5-10(3-4-15(9)32-19(25,26)27)29-14(8-17(28-29)18(22,23)24)11-6-13(21)16(7-12(11)20)33(2,30)31/h3-8H,1-2H3. The summed E-state index contributed by atoms with van der Waals surface area (Å²) in [7, 11) is -4.18. The number of aryl methyl sites for hydroxylation is 1. The second-order valence-corrected chi connectivity index (χ2v) is 8.84. The number of hydrogen-bond acceptors (Lipinski definition) is 4. The Morgan fingerprint density at radius 1 is 0.939 bits per heavy atom. The van der Waals surface area contributed by atoms with Crippen LogP contribution in [0.3, 0.4) is 0 Å². The van der Waals surface area contributed by atoms with Crippen LogP contribution in [0.15, 0.2) is 41.3 Å². The molecule has 0 saturated heterocycles. The highest BCUT2D eigenvalue weighted by molar-refractivity contribution is 7.90. The van der Waals surface area contributed by atoms with Crippen molar-refractivity contribution < 1.29 is 48.3 Å². The number of nitrogens with zero attached hydrogens (tertiary/aromatic N) is 2. The smallest absolute Gasteiger partial charge is 0.406 e. The summed E-state index contributed by atoms with van der Waals surface area (Å²) in [5.41, 5.74) is -3.24. The van der Waals surface area contributed by atoms with Crippen LogP contribution in [-0.2, 0) is 16.0 Å². The van der Waals surface area contributed by atoms with Crippen molar-refractivity contribution in [3.8, 4) is 22.7 Å². The lowest BCUT2D eigenvalue weighted by Crippen LogP contribution is -2.17. The van der Waals surface area contributed by atoms with Gasteiger partial charge in [0.05, 0.1) is 11.4 Å². The van der Waals surface area contributed by atoms with Gasteiger partial charge >= 0.3 is 12.5 Å². The second kappa shape index (κ2) is 8.01. The molecule has 178 valence electrons. The van der Waals surface area contributed by atoms with Crippen LogP contribution in [0, 0.1) is 18.6 Å². The summed E-state index contributed by atoms with van der Waals surface area (Å²) in [6, 6.07) is 3.86. The van der Waals surface area contributed by atoms with Crippen molar-refractivity contribution in [2.24, 2.45) is 0 Å². The SMILES string of the molecule is Cc1cc(-n2nc(C(F)(F)F)cc2-c2cc(F)c(S(C)(=O)=O)cc2F)ccc1OC(F)(F)F. The molecule has 0 aliphatic heterocycles. The van der Waals surface area contributed by atoms with Gasteiger partial charge in [0, 0.05) is 11.8 Å². The summed E-state index contributed by atoms with van der Waals surface area (Å²) in [4.78, 5) is -1.00. The Morgan fingerprint density at radius 2 is 1.58 bits per heavy atom. The summed E-state index contributed by atoms with van der Waals surface area (Å²) in [5.74, 6) is -3.41. The van der Waals surface area contributed by atoms with Crippen LogP contribution in [-0.4, -0.2) is 30.8 Å². The Balaban J connectivity index is 2.23. The Morgan fingerprint density at radius 3 is 2.09 bits per heavy atom. The number of hydrogen-bond donors (Lipinski definition) is 0. The zero-order valence-corrected chi connectivity index (χ0v) is 17.3. The van der Waals surface area contributed by atoms with E-state index in [-0.39, 0.29) is 11.3 Å². The molecule has 0 bridgehead atoms. The third-order valence-corrected chi connectivity index (χ3v) is 5.44. The van der Waals surface area contributed by atoms with E-state index in [0.717, 1.165) is 18.2 Å². The van der Waals surface area contributed by atoms with E-state index < -0.39 is 61.6 Å². The van der Waals surface area contributed by atoms with Crippen LogP contribution >= 0.6 is 0 Å². The van der Waals surface area contributed by atoms with Crippen molar-refractivity contribution in [3.05, 3.63) is 59.3 Å². The molecule has 33 heavy (non-hydrogen) atoms. The Hall–Kier alpha value is -3.16. The van der Waals surface area contributed by atoms with Gasteiger partial charge in [-0.05, 0) is 48.9 Å². The van der Waals surface area contributed by atoms with E-state index in [2.05, 4.69) is 9.84 Å². The Kier molecular flexibility index (Phi) is 5.94. The zero-order valence-electron chi connectivity index (χ0n) is 16.5. The molecule has 5 nitrogen and oxygen atoms in total.